The number of aryl methyl sites for hydroxylation is 1. The van der Waals surface area contributed by atoms with Gasteiger partial charge in [-0.2, -0.15) is 0 Å². The summed E-state index contributed by atoms with van der Waals surface area (Å²) in [5, 5.41) is 2.72. The van der Waals surface area contributed by atoms with Crippen molar-refractivity contribution in [1.82, 2.24) is 4.90 Å². The van der Waals surface area contributed by atoms with Gasteiger partial charge in [0.2, 0.25) is 5.91 Å². The lowest BCUT2D eigenvalue weighted by molar-refractivity contribution is -0.117. The number of nitrogens with one attached hydrogen (secondary N) is 1. The molecule has 5 heteroatoms. The molecule has 0 spiro atoms. The van der Waals surface area contributed by atoms with Gasteiger partial charge in [-0.25, -0.2) is 4.39 Å². The van der Waals surface area contributed by atoms with Crippen LogP contribution in [-0.2, 0) is 4.79 Å². The molecule has 1 N–H and O–H groups in total. The van der Waals surface area contributed by atoms with Gasteiger partial charge in [-0.05, 0) is 61.7 Å². The summed E-state index contributed by atoms with van der Waals surface area (Å²) in [7, 11) is 1.65. The molecule has 0 bridgehead atoms. The average molecular weight is 370 g/mol. The Kier molecular flexibility index (Phi) is 6.45. The summed E-state index contributed by atoms with van der Waals surface area (Å²) < 4.78 is 19.3. The minimum atomic E-state index is -0.397. The van der Waals surface area contributed by atoms with E-state index in [2.05, 4.69) is 22.3 Å². The molecule has 1 unspecified atom stereocenters. The van der Waals surface area contributed by atoms with Gasteiger partial charge in [-0.1, -0.05) is 31.0 Å². The van der Waals surface area contributed by atoms with E-state index in [9.17, 15) is 9.18 Å². The number of carbonyl (C=O) groups is 1. The molecule has 144 valence electrons. The molecule has 27 heavy (non-hydrogen) atoms. The van der Waals surface area contributed by atoms with E-state index < -0.39 is 5.82 Å². The number of halogens is 1. The van der Waals surface area contributed by atoms with Crippen LogP contribution in [0.3, 0.4) is 0 Å². The number of hydrogen-bond acceptors (Lipinski definition) is 3. The number of benzene rings is 2. The van der Waals surface area contributed by atoms with Crippen LogP contribution in [0.4, 0.5) is 10.1 Å². The van der Waals surface area contributed by atoms with E-state index in [0.717, 1.165) is 43.5 Å². The van der Waals surface area contributed by atoms with E-state index in [-0.39, 0.29) is 24.2 Å². The number of nitrogens with zero attached hydrogens (tertiary/aromatic N) is 1. The second-order valence-electron chi connectivity index (χ2n) is 7.14. The van der Waals surface area contributed by atoms with Crippen molar-refractivity contribution in [3.8, 4) is 5.75 Å². The SMILES string of the molecule is COc1ccc(C2CCCCCN2CC(=O)Nc2ccc(C)cc2F)cc1. The monoisotopic (exact) mass is 370 g/mol. The van der Waals surface area contributed by atoms with Gasteiger partial charge < -0.3 is 10.1 Å². The number of amides is 1. The van der Waals surface area contributed by atoms with Crippen LogP contribution < -0.4 is 10.1 Å². The van der Waals surface area contributed by atoms with E-state index in [1.807, 2.05) is 19.1 Å². The number of rotatable bonds is 5. The Hall–Kier alpha value is -2.40. The van der Waals surface area contributed by atoms with Crippen LogP contribution in [0.15, 0.2) is 42.5 Å². The van der Waals surface area contributed by atoms with Crippen molar-refractivity contribution < 1.29 is 13.9 Å². The Morgan fingerprint density at radius 2 is 1.96 bits per heavy atom. The minimum Gasteiger partial charge on any atom is -0.497 e. The zero-order valence-corrected chi connectivity index (χ0v) is 16.0. The van der Waals surface area contributed by atoms with Gasteiger partial charge >= 0.3 is 0 Å². The van der Waals surface area contributed by atoms with Crippen molar-refractivity contribution in [3.05, 3.63) is 59.4 Å². The molecular weight excluding hydrogens is 343 g/mol. The number of anilines is 1. The topological polar surface area (TPSA) is 41.6 Å². The van der Waals surface area contributed by atoms with E-state index >= 15 is 0 Å². The van der Waals surface area contributed by atoms with Crippen molar-refractivity contribution in [2.45, 2.75) is 38.6 Å². The highest BCUT2D eigenvalue weighted by Crippen LogP contribution is 2.31. The van der Waals surface area contributed by atoms with Gasteiger partial charge in [0.05, 0.1) is 19.3 Å². The molecule has 1 fully saturated rings. The first-order valence-corrected chi connectivity index (χ1v) is 9.51. The molecule has 1 aliphatic heterocycles. The van der Waals surface area contributed by atoms with Crippen molar-refractivity contribution in [1.29, 1.82) is 0 Å². The predicted octanol–water partition coefficient (Wildman–Crippen LogP) is 4.70. The minimum absolute atomic E-state index is 0.182. The fourth-order valence-corrected chi connectivity index (χ4v) is 3.66. The van der Waals surface area contributed by atoms with Gasteiger partial charge in [0.15, 0.2) is 0 Å². The first-order valence-electron chi connectivity index (χ1n) is 9.51. The third kappa shape index (κ3) is 5.07. The van der Waals surface area contributed by atoms with Crippen molar-refractivity contribution in [3.63, 3.8) is 0 Å². The summed E-state index contributed by atoms with van der Waals surface area (Å²) in [4.78, 5) is 14.8. The first-order chi connectivity index (χ1) is 13.1. The van der Waals surface area contributed by atoms with Crippen LogP contribution >= 0.6 is 0 Å². The third-order valence-electron chi connectivity index (χ3n) is 5.11. The first kappa shape index (κ1) is 19.4. The maximum Gasteiger partial charge on any atom is 0.238 e. The second-order valence-corrected chi connectivity index (χ2v) is 7.14. The molecule has 1 amide bonds. The standard InChI is InChI=1S/C22H27FN2O2/c1-16-7-12-20(19(23)14-16)24-22(26)15-25-13-5-3-4-6-21(25)17-8-10-18(27-2)11-9-17/h7-12,14,21H,3-6,13,15H2,1-2H3,(H,24,26). The molecule has 0 aromatic heterocycles. The summed E-state index contributed by atoms with van der Waals surface area (Å²) in [6.45, 7) is 2.94. The van der Waals surface area contributed by atoms with Crippen LogP contribution in [0.25, 0.3) is 0 Å². The lowest BCUT2D eigenvalue weighted by Gasteiger charge is -2.30. The molecule has 1 heterocycles. The Morgan fingerprint density at radius 1 is 1.19 bits per heavy atom. The number of ether oxygens (including phenoxy) is 1. The predicted molar refractivity (Wildman–Crippen MR) is 106 cm³/mol. The molecule has 2 aromatic rings. The number of likely N-dealkylation sites (tertiary alicyclic amines) is 1. The molecule has 4 nitrogen and oxygen atoms in total. The van der Waals surface area contributed by atoms with E-state index in [4.69, 9.17) is 4.74 Å². The van der Waals surface area contributed by atoms with Crippen molar-refractivity contribution in [2.75, 3.05) is 25.5 Å². The van der Waals surface area contributed by atoms with Crippen LogP contribution in [0.1, 0.15) is 42.9 Å². The van der Waals surface area contributed by atoms with Crippen LogP contribution in [-0.4, -0.2) is 31.0 Å². The fraction of sp³-hybridized carbons (Fsp3) is 0.409. The molecular formula is C22H27FN2O2. The van der Waals surface area contributed by atoms with Crippen LogP contribution in [0.2, 0.25) is 0 Å². The molecule has 0 aliphatic carbocycles. The highest BCUT2D eigenvalue weighted by molar-refractivity contribution is 5.92. The van der Waals surface area contributed by atoms with Crippen molar-refractivity contribution in [2.24, 2.45) is 0 Å². The van der Waals surface area contributed by atoms with E-state index in [1.165, 1.54) is 11.6 Å². The Labute approximate surface area is 160 Å². The van der Waals surface area contributed by atoms with Crippen molar-refractivity contribution >= 4 is 11.6 Å². The smallest absolute Gasteiger partial charge is 0.238 e. The fourth-order valence-electron chi connectivity index (χ4n) is 3.66. The molecule has 0 saturated carbocycles. The summed E-state index contributed by atoms with van der Waals surface area (Å²) in [5.41, 5.74) is 2.26. The van der Waals surface area contributed by atoms with Gasteiger partial charge in [0, 0.05) is 6.04 Å². The number of hydrogen-bond donors (Lipinski definition) is 1. The van der Waals surface area contributed by atoms with Crippen LogP contribution in [0, 0.1) is 12.7 Å². The molecule has 2 aromatic carbocycles. The lowest BCUT2D eigenvalue weighted by atomic mass is 10.0. The summed E-state index contributed by atoms with van der Waals surface area (Å²) >= 11 is 0. The Balaban J connectivity index is 1.71. The molecule has 1 aliphatic rings. The van der Waals surface area contributed by atoms with Gasteiger partial charge in [0.1, 0.15) is 11.6 Å². The molecule has 1 atom stereocenters. The Bertz CT molecular complexity index is 776. The normalized spacial score (nSPS) is 18.0. The molecule has 0 radical (unpaired) electrons. The third-order valence-corrected chi connectivity index (χ3v) is 5.11. The highest BCUT2D eigenvalue weighted by atomic mass is 19.1. The zero-order valence-electron chi connectivity index (χ0n) is 16.0. The molecule has 1 saturated heterocycles. The summed E-state index contributed by atoms with van der Waals surface area (Å²) in [6, 6.07) is 13.1. The Morgan fingerprint density at radius 3 is 2.67 bits per heavy atom. The maximum absolute atomic E-state index is 14.0. The lowest BCUT2D eigenvalue weighted by Crippen LogP contribution is -2.36. The average Bonchev–Trinajstić information content (AvgIpc) is 2.89. The summed E-state index contributed by atoms with van der Waals surface area (Å²) in [5.74, 6) is 0.246. The number of carbonyl (C=O) groups excluding carboxylic acids is 1. The van der Waals surface area contributed by atoms with Gasteiger partial charge in [-0.15, -0.1) is 0 Å². The number of methoxy groups -OCH3 is 1. The van der Waals surface area contributed by atoms with Crippen LogP contribution in [0.5, 0.6) is 5.75 Å². The zero-order chi connectivity index (χ0) is 19.2. The largest absolute Gasteiger partial charge is 0.497 e. The van der Waals surface area contributed by atoms with Gasteiger partial charge in [-0.3, -0.25) is 9.69 Å². The van der Waals surface area contributed by atoms with E-state index in [0.29, 0.717) is 0 Å². The quantitative estimate of drug-likeness (QED) is 0.830. The van der Waals surface area contributed by atoms with Gasteiger partial charge in [0.25, 0.3) is 0 Å². The summed E-state index contributed by atoms with van der Waals surface area (Å²) in [6.07, 6.45) is 4.39. The second kappa shape index (κ2) is 9.00. The highest BCUT2D eigenvalue weighted by Gasteiger charge is 2.24. The molecule has 3 rings (SSSR count). The van der Waals surface area contributed by atoms with E-state index in [1.54, 1.807) is 19.2 Å². The maximum atomic E-state index is 14.0.